The van der Waals surface area contributed by atoms with Crippen LogP contribution < -0.4 is 10.5 Å². The average molecular weight is 297 g/mol. The van der Waals surface area contributed by atoms with Gasteiger partial charge in [-0.2, -0.15) is 0 Å². The maximum Gasteiger partial charge on any atom is 0.250 e. The molecule has 5 nitrogen and oxygen atoms in total. The first kappa shape index (κ1) is 14.1. The van der Waals surface area contributed by atoms with Gasteiger partial charge in [-0.1, -0.05) is 0 Å². The second-order valence-corrected chi connectivity index (χ2v) is 7.01. The van der Waals surface area contributed by atoms with E-state index in [1.807, 2.05) is 13.0 Å². The van der Waals surface area contributed by atoms with E-state index < -0.39 is 10.0 Å². The summed E-state index contributed by atoms with van der Waals surface area (Å²) in [6.07, 6.45) is 3.34. The van der Waals surface area contributed by atoms with Gasteiger partial charge in [-0.3, -0.25) is 4.98 Å². The van der Waals surface area contributed by atoms with Gasteiger partial charge in [0.15, 0.2) is 0 Å². The van der Waals surface area contributed by atoms with Crippen LogP contribution in [0.4, 0.5) is 0 Å². The summed E-state index contributed by atoms with van der Waals surface area (Å²) in [5.74, 6) is 0. The van der Waals surface area contributed by atoms with Gasteiger partial charge in [0.1, 0.15) is 4.21 Å². The first-order chi connectivity index (χ1) is 9.03. The van der Waals surface area contributed by atoms with Crippen LogP contribution in [-0.2, 0) is 23.1 Å². The lowest BCUT2D eigenvalue weighted by molar-refractivity contribution is 0.583. The van der Waals surface area contributed by atoms with Crippen molar-refractivity contribution in [1.82, 2.24) is 9.71 Å². The average Bonchev–Trinajstić information content (AvgIpc) is 2.87. The van der Waals surface area contributed by atoms with Crippen molar-refractivity contribution in [2.45, 2.75) is 24.2 Å². The quantitative estimate of drug-likeness (QED) is 0.873. The van der Waals surface area contributed by atoms with Gasteiger partial charge in [-0.15, -0.1) is 11.3 Å². The summed E-state index contributed by atoms with van der Waals surface area (Å²) in [6, 6.07) is 3.45. The molecule has 0 saturated carbocycles. The van der Waals surface area contributed by atoms with E-state index >= 15 is 0 Å². The minimum absolute atomic E-state index is 0.234. The van der Waals surface area contributed by atoms with E-state index in [1.165, 1.54) is 11.3 Å². The third-order valence-electron chi connectivity index (χ3n) is 2.73. The van der Waals surface area contributed by atoms with Crippen LogP contribution in [0, 0.1) is 6.92 Å². The lowest BCUT2D eigenvalue weighted by Crippen LogP contribution is -2.22. The molecule has 0 fully saturated rings. The van der Waals surface area contributed by atoms with Gasteiger partial charge in [-0.05, 0) is 41.1 Å². The Morgan fingerprint density at radius 2 is 2.26 bits per heavy atom. The predicted octanol–water partition coefficient (Wildman–Crippen LogP) is 1.39. The Kier molecular flexibility index (Phi) is 4.31. The van der Waals surface area contributed by atoms with E-state index in [2.05, 4.69) is 9.71 Å². The molecule has 7 heteroatoms. The normalized spacial score (nSPS) is 11.7. The molecule has 0 spiro atoms. The van der Waals surface area contributed by atoms with Gasteiger partial charge in [0.25, 0.3) is 0 Å². The molecule has 3 N–H and O–H groups in total. The molecule has 0 bridgehead atoms. The van der Waals surface area contributed by atoms with Crippen molar-refractivity contribution >= 4 is 21.4 Å². The number of nitrogens with zero attached hydrogens (tertiary/aromatic N) is 1. The number of thiophene rings is 1. The molecule has 0 aliphatic rings. The largest absolute Gasteiger partial charge is 0.326 e. The van der Waals surface area contributed by atoms with Crippen LogP contribution >= 0.6 is 11.3 Å². The van der Waals surface area contributed by atoms with Crippen molar-refractivity contribution in [1.29, 1.82) is 0 Å². The minimum Gasteiger partial charge on any atom is -0.326 e. The van der Waals surface area contributed by atoms with Gasteiger partial charge in [-0.25, -0.2) is 13.1 Å². The maximum atomic E-state index is 12.1. The van der Waals surface area contributed by atoms with Crippen LogP contribution in [0.3, 0.4) is 0 Å². The van der Waals surface area contributed by atoms with Gasteiger partial charge in [0.05, 0.1) is 0 Å². The smallest absolute Gasteiger partial charge is 0.250 e. The lowest BCUT2D eigenvalue weighted by Gasteiger charge is -2.06. The molecule has 2 rings (SSSR count). The monoisotopic (exact) mass is 297 g/mol. The zero-order valence-corrected chi connectivity index (χ0v) is 12.1. The summed E-state index contributed by atoms with van der Waals surface area (Å²) < 4.78 is 27.0. The van der Waals surface area contributed by atoms with Gasteiger partial charge < -0.3 is 5.73 Å². The summed E-state index contributed by atoms with van der Waals surface area (Å²) in [6.45, 7) is 2.49. The van der Waals surface area contributed by atoms with Crippen LogP contribution in [0.2, 0.25) is 0 Å². The Balaban J connectivity index is 2.12. The fraction of sp³-hybridized carbons (Fsp3) is 0.250. The highest BCUT2D eigenvalue weighted by molar-refractivity contribution is 7.91. The van der Waals surface area contributed by atoms with E-state index in [-0.39, 0.29) is 10.8 Å². The molecule has 2 aromatic heterocycles. The summed E-state index contributed by atoms with van der Waals surface area (Å²) in [5.41, 5.74) is 8.17. The number of aryl methyl sites for hydroxylation is 1. The number of hydrogen-bond acceptors (Lipinski definition) is 5. The fourth-order valence-corrected chi connectivity index (χ4v) is 3.80. The van der Waals surface area contributed by atoms with Gasteiger partial charge in [0.2, 0.25) is 10.0 Å². The van der Waals surface area contributed by atoms with Crippen molar-refractivity contribution in [3.05, 3.63) is 46.6 Å². The molecule has 0 atom stereocenters. The van der Waals surface area contributed by atoms with Crippen molar-refractivity contribution in [3.63, 3.8) is 0 Å². The number of aromatic nitrogens is 1. The summed E-state index contributed by atoms with van der Waals surface area (Å²) in [7, 11) is -3.48. The molecule has 0 aromatic carbocycles. The van der Waals surface area contributed by atoms with Gasteiger partial charge >= 0.3 is 0 Å². The third kappa shape index (κ3) is 3.38. The Morgan fingerprint density at radius 3 is 2.89 bits per heavy atom. The van der Waals surface area contributed by atoms with E-state index in [0.29, 0.717) is 6.54 Å². The summed E-state index contributed by atoms with van der Waals surface area (Å²) in [4.78, 5) is 3.99. The van der Waals surface area contributed by atoms with E-state index in [4.69, 9.17) is 5.73 Å². The molecule has 0 saturated heterocycles. The number of nitrogens with two attached hydrogens (primary N) is 1. The minimum atomic E-state index is -3.48. The molecule has 0 unspecified atom stereocenters. The van der Waals surface area contributed by atoms with Crippen LogP contribution in [0.5, 0.6) is 0 Å². The van der Waals surface area contributed by atoms with E-state index in [0.717, 1.165) is 16.7 Å². The van der Waals surface area contributed by atoms with Crippen LogP contribution in [0.25, 0.3) is 0 Å². The number of sulfonamides is 1. The molecule has 102 valence electrons. The predicted molar refractivity (Wildman–Crippen MR) is 75.2 cm³/mol. The summed E-state index contributed by atoms with van der Waals surface area (Å²) in [5, 5.41) is 1.75. The Bertz CT molecular complexity index is 665. The molecular weight excluding hydrogens is 282 g/mol. The van der Waals surface area contributed by atoms with Crippen molar-refractivity contribution in [3.8, 4) is 0 Å². The number of nitrogens with one attached hydrogen (secondary N) is 1. The zero-order valence-electron chi connectivity index (χ0n) is 10.5. The Labute approximate surface area is 116 Å². The number of rotatable bonds is 5. The van der Waals surface area contributed by atoms with Crippen molar-refractivity contribution < 1.29 is 8.42 Å². The fourth-order valence-electron chi connectivity index (χ4n) is 1.53. The summed E-state index contributed by atoms with van der Waals surface area (Å²) >= 11 is 1.17. The molecule has 2 heterocycles. The molecular formula is C12H15N3O2S2. The Hall–Kier alpha value is -1.28. The van der Waals surface area contributed by atoms with Crippen LogP contribution in [-0.4, -0.2) is 13.4 Å². The lowest BCUT2D eigenvalue weighted by atomic mass is 10.2. The first-order valence-electron chi connectivity index (χ1n) is 5.69. The second-order valence-electron chi connectivity index (χ2n) is 4.10. The highest BCUT2D eigenvalue weighted by atomic mass is 32.2. The van der Waals surface area contributed by atoms with Gasteiger partial charge in [0, 0.05) is 25.5 Å². The van der Waals surface area contributed by atoms with Crippen LogP contribution in [0.15, 0.2) is 34.1 Å². The molecule has 0 radical (unpaired) electrons. The first-order valence-corrected chi connectivity index (χ1v) is 8.06. The molecule has 2 aromatic rings. The number of pyridine rings is 1. The second kappa shape index (κ2) is 5.79. The van der Waals surface area contributed by atoms with Crippen molar-refractivity contribution in [2.24, 2.45) is 5.73 Å². The SMILES string of the molecule is Cc1ccncc1CNS(=O)(=O)c1cc(CN)cs1. The zero-order chi connectivity index (χ0) is 13.9. The van der Waals surface area contributed by atoms with Crippen molar-refractivity contribution in [2.75, 3.05) is 0 Å². The van der Waals surface area contributed by atoms with E-state index in [9.17, 15) is 8.42 Å². The topological polar surface area (TPSA) is 85.1 Å². The highest BCUT2D eigenvalue weighted by Gasteiger charge is 2.16. The van der Waals surface area contributed by atoms with Crippen LogP contribution in [0.1, 0.15) is 16.7 Å². The Morgan fingerprint density at radius 1 is 1.47 bits per heavy atom. The molecule has 0 aliphatic heterocycles. The molecule has 0 amide bonds. The standard InChI is InChI=1S/C12H15N3O2S2/c1-9-2-3-14-6-11(9)7-15-19(16,17)12-4-10(5-13)8-18-12/h2-4,6,8,15H,5,7,13H2,1H3. The highest BCUT2D eigenvalue weighted by Crippen LogP contribution is 2.20. The molecule has 0 aliphatic carbocycles. The molecule has 19 heavy (non-hydrogen) atoms. The number of hydrogen-bond donors (Lipinski definition) is 2. The maximum absolute atomic E-state index is 12.1. The van der Waals surface area contributed by atoms with E-state index in [1.54, 1.807) is 23.8 Å². The third-order valence-corrected chi connectivity index (χ3v) is 5.62.